The summed E-state index contributed by atoms with van der Waals surface area (Å²) in [5.74, 6) is 1.62. The minimum Gasteiger partial charge on any atom is -0.462 e. The van der Waals surface area contributed by atoms with E-state index in [1.165, 1.54) is 186 Å². The molecule has 0 saturated carbocycles. The monoisotopic (exact) mass is 877 g/mol. The number of esters is 3. The van der Waals surface area contributed by atoms with E-state index in [2.05, 4.69) is 41.5 Å². The van der Waals surface area contributed by atoms with Crippen molar-refractivity contribution in [3.63, 3.8) is 0 Å². The van der Waals surface area contributed by atoms with Crippen molar-refractivity contribution in [2.75, 3.05) is 13.2 Å². The fourth-order valence-electron chi connectivity index (χ4n) is 8.47. The van der Waals surface area contributed by atoms with E-state index < -0.39 is 6.10 Å². The van der Waals surface area contributed by atoms with E-state index in [9.17, 15) is 14.4 Å². The Balaban J connectivity index is 4.26. The van der Waals surface area contributed by atoms with Crippen LogP contribution in [0.3, 0.4) is 0 Å². The molecule has 0 spiro atoms. The summed E-state index contributed by atoms with van der Waals surface area (Å²) in [6.45, 7) is 13.7. The Morgan fingerprint density at radius 2 is 0.468 bits per heavy atom. The fourth-order valence-corrected chi connectivity index (χ4v) is 8.47. The zero-order valence-electron chi connectivity index (χ0n) is 42.7. The van der Waals surface area contributed by atoms with E-state index in [1.807, 2.05) is 0 Å². The molecular formula is C56H108O6. The summed E-state index contributed by atoms with van der Waals surface area (Å²) >= 11 is 0. The predicted molar refractivity (Wildman–Crippen MR) is 266 cm³/mol. The van der Waals surface area contributed by atoms with Gasteiger partial charge in [0, 0.05) is 19.3 Å². The zero-order valence-corrected chi connectivity index (χ0v) is 42.7. The highest BCUT2D eigenvalue weighted by atomic mass is 16.6. The van der Waals surface area contributed by atoms with Crippen molar-refractivity contribution < 1.29 is 28.6 Å². The van der Waals surface area contributed by atoms with Crippen molar-refractivity contribution in [1.29, 1.82) is 0 Å². The molecule has 0 aromatic heterocycles. The maximum Gasteiger partial charge on any atom is 0.306 e. The number of carbonyl (C=O) groups excluding carboxylic acids is 3. The van der Waals surface area contributed by atoms with Crippen molar-refractivity contribution >= 4 is 17.9 Å². The van der Waals surface area contributed by atoms with E-state index >= 15 is 0 Å². The average molecular weight is 877 g/mol. The van der Waals surface area contributed by atoms with Crippen LogP contribution in [-0.4, -0.2) is 37.2 Å². The molecule has 0 saturated heterocycles. The second kappa shape index (κ2) is 47.4. The minimum absolute atomic E-state index is 0.0644. The first-order chi connectivity index (χ1) is 30.1. The van der Waals surface area contributed by atoms with E-state index in [-0.39, 0.29) is 31.1 Å². The highest BCUT2D eigenvalue weighted by Crippen LogP contribution is 2.18. The Bertz CT molecular complexity index is 960. The number of unbranched alkanes of at least 4 members (excludes halogenated alkanes) is 32. The lowest BCUT2D eigenvalue weighted by Gasteiger charge is -2.18. The molecular weight excluding hydrogens is 769 g/mol. The average Bonchev–Trinajstić information content (AvgIpc) is 3.23. The molecule has 368 valence electrons. The van der Waals surface area contributed by atoms with Crippen LogP contribution in [0, 0.1) is 17.8 Å². The number of hydrogen-bond donors (Lipinski definition) is 0. The van der Waals surface area contributed by atoms with E-state index in [1.54, 1.807) is 0 Å². The van der Waals surface area contributed by atoms with Gasteiger partial charge in [0.15, 0.2) is 6.10 Å². The van der Waals surface area contributed by atoms with E-state index in [4.69, 9.17) is 14.2 Å². The van der Waals surface area contributed by atoms with Crippen molar-refractivity contribution in [3.8, 4) is 0 Å². The first-order valence-electron chi connectivity index (χ1n) is 27.6. The van der Waals surface area contributed by atoms with Crippen molar-refractivity contribution in [1.82, 2.24) is 0 Å². The second-order valence-corrected chi connectivity index (χ2v) is 20.6. The molecule has 6 nitrogen and oxygen atoms in total. The topological polar surface area (TPSA) is 78.9 Å². The van der Waals surface area contributed by atoms with Crippen LogP contribution in [-0.2, 0) is 28.6 Å². The van der Waals surface area contributed by atoms with Gasteiger partial charge in [0.25, 0.3) is 0 Å². The Kier molecular flexibility index (Phi) is 46.2. The first kappa shape index (κ1) is 60.4. The SMILES string of the molecule is CC(C)CCCCCCCCCCCCCCCCCC(=O)OC[C@H](COC(=O)CCCCCCCCCC(C)C)OC(=O)CCCCCCCCCCCCCCCC(C)C. The molecule has 0 amide bonds. The summed E-state index contributed by atoms with van der Waals surface area (Å²) in [6, 6.07) is 0. The lowest BCUT2D eigenvalue weighted by Crippen LogP contribution is -2.30. The molecule has 6 heteroatoms. The lowest BCUT2D eigenvalue weighted by atomic mass is 10.0. The molecule has 0 N–H and O–H groups in total. The van der Waals surface area contributed by atoms with Crippen LogP contribution in [0.1, 0.15) is 305 Å². The summed E-state index contributed by atoms with van der Waals surface area (Å²) in [4.78, 5) is 38.0. The van der Waals surface area contributed by atoms with Crippen LogP contribution in [0.2, 0.25) is 0 Å². The summed E-state index contributed by atoms with van der Waals surface area (Å²) < 4.78 is 16.8. The molecule has 0 bridgehead atoms. The Morgan fingerprint density at radius 1 is 0.274 bits per heavy atom. The van der Waals surface area contributed by atoms with Crippen LogP contribution in [0.25, 0.3) is 0 Å². The molecule has 0 unspecified atom stereocenters. The molecule has 0 rings (SSSR count). The summed E-state index contributed by atoms with van der Waals surface area (Å²) in [6.07, 6.45) is 48.2. The molecule has 0 heterocycles. The van der Waals surface area contributed by atoms with Gasteiger partial charge in [-0.1, -0.05) is 266 Å². The van der Waals surface area contributed by atoms with Crippen LogP contribution in [0.4, 0.5) is 0 Å². The van der Waals surface area contributed by atoms with Gasteiger partial charge in [-0.25, -0.2) is 0 Å². The van der Waals surface area contributed by atoms with Crippen LogP contribution in [0.15, 0.2) is 0 Å². The van der Waals surface area contributed by atoms with Gasteiger partial charge in [-0.2, -0.15) is 0 Å². The first-order valence-corrected chi connectivity index (χ1v) is 27.6. The van der Waals surface area contributed by atoms with Crippen LogP contribution >= 0.6 is 0 Å². The Morgan fingerprint density at radius 3 is 0.694 bits per heavy atom. The fraction of sp³-hybridized carbons (Fsp3) is 0.946. The van der Waals surface area contributed by atoms with Gasteiger partial charge in [-0.3, -0.25) is 14.4 Å². The smallest absolute Gasteiger partial charge is 0.306 e. The normalized spacial score (nSPS) is 12.1. The maximum absolute atomic E-state index is 12.8. The largest absolute Gasteiger partial charge is 0.462 e. The van der Waals surface area contributed by atoms with Gasteiger partial charge in [0.05, 0.1) is 0 Å². The molecule has 0 aromatic rings. The molecule has 0 aliphatic rings. The van der Waals surface area contributed by atoms with E-state index in [0.29, 0.717) is 19.3 Å². The maximum atomic E-state index is 12.8. The number of rotatable bonds is 49. The quantitative estimate of drug-likeness (QED) is 0.0344. The van der Waals surface area contributed by atoms with Crippen molar-refractivity contribution in [2.24, 2.45) is 17.8 Å². The van der Waals surface area contributed by atoms with Crippen LogP contribution in [0.5, 0.6) is 0 Å². The minimum atomic E-state index is -0.763. The lowest BCUT2D eigenvalue weighted by molar-refractivity contribution is -0.167. The summed E-state index contributed by atoms with van der Waals surface area (Å²) in [5, 5.41) is 0. The summed E-state index contributed by atoms with van der Waals surface area (Å²) in [5.41, 5.74) is 0. The van der Waals surface area contributed by atoms with Gasteiger partial charge >= 0.3 is 17.9 Å². The number of hydrogen-bond acceptors (Lipinski definition) is 6. The molecule has 0 aromatic carbocycles. The van der Waals surface area contributed by atoms with E-state index in [0.717, 1.165) is 75.5 Å². The van der Waals surface area contributed by atoms with Gasteiger partial charge in [0.2, 0.25) is 0 Å². The van der Waals surface area contributed by atoms with Crippen LogP contribution < -0.4 is 0 Å². The number of ether oxygens (including phenoxy) is 3. The third-order valence-corrected chi connectivity index (χ3v) is 12.6. The standard InChI is InChI=1S/C56H108O6/c1-50(2)42-36-30-24-19-15-11-8-7-9-13-17-21-27-33-39-45-54(57)60-48-53(49-61-55(58)46-40-34-29-23-26-32-38-44-52(5)6)62-56(59)47-41-35-28-22-18-14-10-12-16-20-25-31-37-43-51(3)4/h50-53H,7-49H2,1-6H3/t53-/m1/s1. The van der Waals surface area contributed by atoms with Crippen molar-refractivity contribution in [3.05, 3.63) is 0 Å². The van der Waals surface area contributed by atoms with Gasteiger partial charge in [0.1, 0.15) is 13.2 Å². The molecule has 0 fully saturated rings. The number of carbonyl (C=O) groups is 3. The van der Waals surface area contributed by atoms with Gasteiger partial charge in [-0.05, 0) is 37.0 Å². The molecule has 0 aliphatic heterocycles. The third-order valence-electron chi connectivity index (χ3n) is 12.6. The van der Waals surface area contributed by atoms with Gasteiger partial charge < -0.3 is 14.2 Å². The molecule has 0 radical (unpaired) electrons. The van der Waals surface area contributed by atoms with Gasteiger partial charge in [-0.15, -0.1) is 0 Å². The summed E-state index contributed by atoms with van der Waals surface area (Å²) in [7, 11) is 0. The third kappa shape index (κ3) is 49.4. The molecule has 62 heavy (non-hydrogen) atoms. The Hall–Kier alpha value is -1.59. The molecule has 1 atom stereocenters. The second-order valence-electron chi connectivity index (χ2n) is 20.6. The highest BCUT2D eigenvalue weighted by molar-refractivity contribution is 5.71. The predicted octanol–water partition coefficient (Wildman–Crippen LogP) is 17.9. The highest BCUT2D eigenvalue weighted by Gasteiger charge is 2.19. The molecule has 0 aliphatic carbocycles. The van der Waals surface area contributed by atoms with Crippen molar-refractivity contribution in [2.45, 2.75) is 311 Å². The zero-order chi connectivity index (χ0) is 45.6. The Labute approximate surface area is 387 Å².